The van der Waals surface area contributed by atoms with Crippen LogP contribution in [0.15, 0.2) is 24.3 Å². The predicted molar refractivity (Wildman–Crippen MR) is 77.0 cm³/mol. The molecule has 1 unspecified atom stereocenters. The van der Waals surface area contributed by atoms with E-state index >= 15 is 0 Å². The lowest BCUT2D eigenvalue weighted by molar-refractivity contribution is -0.384. The van der Waals surface area contributed by atoms with Gasteiger partial charge < -0.3 is 0 Å². The van der Waals surface area contributed by atoms with Crippen LogP contribution in [0.2, 0.25) is 0 Å². The number of nitrogens with zero attached hydrogens (tertiary/aromatic N) is 2. The molecule has 4 nitrogen and oxygen atoms in total. The third-order valence-corrected chi connectivity index (χ3v) is 4.47. The Kier molecular flexibility index (Phi) is 4.17. The van der Waals surface area contributed by atoms with Crippen molar-refractivity contribution in [3.63, 3.8) is 0 Å². The van der Waals surface area contributed by atoms with Crippen molar-refractivity contribution in [3.8, 4) is 0 Å². The summed E-state index contributed by atoms with van der Waals surface area (Å²) < 4.78 is 0. The minimum atomic E-state index is -0.404. The SMILES string of the molecule is Cc1nc(C)c(C(Cl)Cc2ccc([N+](=O)[O-])cc2)s1. The summed E-state index contributed by atoms with van der Waals surface area (Å²) in [6, 6.07) is 6.50. The molecule has 1 aromatic carbocycles. The molecule has 0 saturated heterocycles. The maximum absolute atomic E-state index is 10.6. The number of thiazole rings is 1. The second-order valence-electron chi connectivity index (χ2n) is 4.28. The number of hydrogen-bond acceptors (Lipinski definition) is 4. The highest BCUT2D eigenvalue weighted by atomic mass is 35.5. The highest BCUT2D eigenvalue weighted by Crippen LogP contribution is 2.32. The van der Waals surface area contributed by atoms with Crippen molar-refractivity contribution >= 4 is 28.6 Å². The third kappa shape index (κ3) is 3.30. The van der Waals surface area contributed by atoms with Gasteiger partial charge in [0.15, 0.2) is 0 Å². The topological polar surface area (TPSA) is 56.0 Å². The molecule has 0 amide bonds. The molecule has 0 radical (unpaired) electrons. The lowest BCUT2D eigenvalue weighted by atomic mass is 10.1. The second-order valence-corrected chi connectivity index (χ2v) is 6.04. The van der Waals surface area contributed by atoms with E-state index in [-0.39, 0.29) is 11.1 Å². The largest absolute Gasteiger partial charge is 0.269 e. The van der Waals surface area contributed by atoms with Crippen LogP contribution in [0.25, 0.3) is 0 Å². The summed E-state index contributed by atoms with van der Waals surface area (Å²) in [5.74, 6) is 0. The average molecular weight is 297 g/mol. The number of non-ortho nitro benzene ring substituents is 1. The van der Waals surface area contributed by atoms with Crippen LogP contribution in [0.3, 0.4) is 0 Å². The molecule has 100 valence electrons. The Morgan fingerprint density at radius 3 is 2.47 bits per heavy atom. The van der Waals surface area contributed by atoms with Crippen molar-refractivity contribution in [1.82, 2.24) is 4.98 Å². The summed E-state index contributed by atoms with van der Waals surface area (Å²) in [6.07, 6.45) is 0.641. The Morgan fingerprint density at radius 1 is 1.37 bits per heavy atom. The molecular formula is C13H13ClN2O2S. The van der Waals surface area contributed by atoms with Gasteiger partial charge in [-0.1, -0.05) is 12.1 Å². The summed E-state index contributed by atoms with van der Waals surface area (Å²) in [5.41, 5.74) is 2.04. The molecule has 19 heavy (non-hydrogen) atoms. The van der Waals surface area contributed by atoms with Crippen LogP contribution in [-0.4, -0.2) is 9.91 Å². The highest BCUT2D eigenvalue weighted by Gasteiger charge is 2.16. The Labute approximate surface area is 120 Å². The Balaban J connectivity index is 2.12. The molecular weight excluding hydrogens is 284 g/mol. The number of hydrogen-bond donors (Lipinski definition) is 0. The Bertz CT molecular complexity index is 595. The fourth-order valence-corrected chi connectivity index (χ4v) is 3.27. The number of alkyl halides is 1. The monoisotopic (exact) mass is 296 g/mol. The van der Waals surface area contributed by atoms with Gasteiger partial charge in [-0.3, -0.25) is 10.1 Å². The fraction of sp³-hybridized carbons (Fsp3) is 0.308. The quantitative estimate of drug-likeness (QED) is 0.483. The fourth-order valence-electron chi connectivity index (χ4n) is 1.89. The molecule has 0 spiro atoms. The second kappa shape index (κ2) is 5.67. The standard InChI is InChI=1S/C13H13ClN2O2S/c1-8-13(19-9(2)15-8)12(14)7-10-3-5-11(6-4-10)16(17)18/h3-6,12H,7H2,1-2H3. The van der Waals surface area contributed by atoms with E-state index in [4.69, 9.17) is 11.6 Å². The number of nitro groups is 1. The number of aryl methyl sites for hydroxylation is 2. The van der Waals surface area contributed by atoms with Crippen molar-refractivity contribution in [2.24, 2.45) is 0 Å². The van der Waals surface area contributed by atoms with Crippen molar-refractivity contribution in [2.45, 2.75) is 25.6 Å². The molecule has 2 aromatic rings. The summed E-state index contributed by atoms with van der Waals surface area (Å²) in [7, 11) is 0. The van der Waals surface area contributed by atoms with Gasteiger partial charge in [-0.2, -0.15) is 0 Å². The molecule has 0 saturated carbocycles. The maximum atomic E-state index is 10.6. The minimum Gasteiger partial charge on any atom is -0.258 e. The first-order valence-electron chi connectivity index (χ1n) is 5.78. The minimum absolute atomic E-state index is 0.0969. The first kappa shape index (κ1) is 14.0. The molecule has 0 aliphatic rings. The van der Waals surface area contributed by atoms with Crippen LogP contribution < -0.4 is 0 Å². The summed E-state index contributed by atoms with van der Waals surface area (Å²) >= 11 is 8.00. The van der Waals surface area contributed by atoms with Crippen molar-refractivity contribution in [2.75, 3.05) is 0 Å². The van der Waals surface area contributed by atoms with E-state index in [2.05, 4.69) is 4.98 Å². The molecule has 1 aromatic heterocycles. The van der Waals surface area contributed by atoms with E-state index in [0.717, 1.165) is 21.1 Å². The van der Waals surface area contributed by atoms with E-state index in [1.165, 1.54) is 12.1 Å². The van der Waals surface area contributed by atoms with Crippen LogP contribution in [0, 0.1) is 24.0 Å². The van der Waals surface area contributed by atoms with Crippen molar-refractivity contribution in [3.05, 3.63) is 55.5 Å². The zero-order chi connectivity index (χ0) is 14.0. The van der Waals surface area contributed by atoms with Crippen LogP contribution in [0.5, 0.6) is 0 Å². The third-order valence-electron chi connectivity index (χ3n) is 2.79. The number of halogens is 1. The van der Waals surface area contributed by atoms with Gasteiger partial charge in [-0.15, -0.1) is 22.9 Å². The number of nitro benzene ring substituents is 1. The summed E-state index contributed by atoms with van der Waals surface area (Å²) in [5, 5.41) is 11.4. The summed E-state index contributed by atoms with van der Waals surface area (Å²) in [6.45, 7) is 3.90. The number of benzene rings is 1. The zero-order valence-corrected chi connectivity index (χ0v) is 12.2. The van der Waals surface area contributed by atoms with Crippen LogP contribution in [-0.2, 0) is 6.42 Å². The Morgan fingerprint density at radius 2 is 2.00 bits per heavy atom. The molecule has 1 atom stereocenters. The van der Waals surface area contributed by atoms with Gasteiger partial charge in [-0.05, 0) is 25.8 Å². The summed E-state index contributed by atoms with van der Waals surface area (Å²) in [4.78, 5) is 15.6. The molecule has 0 aliphatic carbocycles. The van der Waals surface area contributed by atoms with Gasteiger partial charge in [0, 0.05) is 17.0 Å². The van der Waals surface area contributed by atoms with Gasteiger partial charge in [-0.25, -0.2) is 4.98 Å². The molecule has 2 rings (SSSR count). The van der Waals surface area contributed by atoms with E-state index in [1.54, 1.807) is 23.5 Å². The lowest BCUT2D eigenvalue weighted by Crippen LogP contribution is -1.96. The zero-order valence-electron chi connectivity index (χ0n) is 10.6. The van der Waals surface area contributed by atoms with Crippen molar-refractivity contribution in [1.29, 1.82) is 0 Å². The maximum Gasteiger partial charge on any atom is 0.269 e. The van der Waals surface area contributed by atoms with Gasteiger partial charge in [0.25, 0.3) is 5.69 Å². The first-order valence-corrected chi connectivity index (χ1v) is 7.04. The smallest absolute Gasteiger partial charge is 0.258 e. The molecule has 6 heteroatoms. The molecule has 0 bridgehead atoms. The number of aromatic nitrogens is 1. The van der Waals surface area contributed by atoms with Crippen LogP contribution in [0.4, 0.5) is 5.69 Å². The molecule has 1 heterocycles. The predicted octanol–water partition coefficient (Wildman–Crippen LogP) is 4.19. The lowest BCUT2D eigenvalue weighted by Gasteiger charge is -2.08. The van der Waals surface area contributed by atoms with Gasteiger partial charge >= 0.3 is 0 Å². The molecule has 0 aliphatic heterocycles. The highest BCUT2D eigenvalue weighted by molar-refractivity contribution is 7.12. The van der Waals surface area contributed by atoms with E-state index in [9.17, 15) is 10.1 Å². The van der Waals surface area contributed by atoms with E-state index in [0.29, 0.717) is 6.42 Å². The normalized spacial score (nSPS) is 12.4. The first-order chi connectivity index (χ1) is 8.97. The van der Waals surface area contributed by atoms with E-state index in [1.807, 2.05) is 13.8 Å². The van der Waals surface area contributed by atoms with Crippen LogP contribution in [0.1, 0.15) is 26.5 Å². The van der Waals surface area contributed by atoms with Crippen molar-refractivity contribution < 1.29 is 4.92 Å². The van der Waals surface area contributed by atoms with Gasteiger partial charge in [0.05, 0.1) is 21.0 Å². The number of rotatable bonds is 4. The van der Waals surface area contributed by atoms with Gasteiger partial charge in [0.2, 0.25) is 0 Å². The molecule has 0 N–H and O–H groups in total. The van der Waals surface area contributed by atoms with E-state index < -0.39 is 4.92 Å². The van der Waals surface area contributed by atoms with Crippen LogP contribution >= 0.6 is 22.9 Å². The average Bonchev–Trinajstić information content (AvgIpc) is 2.69. The Hall–Kier alpha value is -1.46. The van der Waals surface area contributed by atoms with Gasteiger partial charge in [0.1, 0.15) is 0 Å². The molecule has 0 fully saturated rings.